The summed E-state index contributed by atoms with van der Waals surface area (Å²) in [6.45, 7) is 2.93. The maximum absolute atomic E-state index is 12.9. The summed E-state index contributed by atoms with van der Waals surface area (Å²) in [6.07, 6.45) is 0.816. The highest BCUT2D eigenvalue weighted by Crippen LogP contribution is 2.29. The zero-order valence-electron chi connectivity index (χ0n) is 15.0. The van der Waals surface area contributed by atoms with Crippen LogP contribution in [-0.2, 0) is 17.8 Å². The van der Waals surface area contributed by atoms with Crippen LogP contribution in [-0.4, -0.2) is 35.3 Å². The second-order valence-corrected chi connectivity index (χ2v) is 6.73. The average Bonchev–Trinajstić information content (AvgIpc) is 3.04. The third-order valence-corrected chi connectivity index (χ3v) is 5.12. The predicted octanol–water partition coefficient (Wildman–Crippen LogP) is 3.35. The molecule has 4 rings (SSSR count). The lowest BCUT2D eigenvalue weighted by molar-refractivity contribution is -0.129. The Kier molecular flexibility index (Phi) is 3.99. The number of para-hydroxylation sites is 1. The maximum Gasteiger partial charge on any atom is 0.258 e. The van der Waals surface area contributed by atoms with Gasteiger partial charge in [-0.1, -0.05) is 18.2 Å². The first-order valence-electron chi connectivity index (χ1n) is 8.76. The first-order chi connectivity index (χ1) is 12.5. The minimum Gasteiger partial charge on any atom is -0.358 e. The van der Waals surface area contributed by atoms with Gasteiger partial charge in [0.15, 0.2) is 0 Å². The highest BCUT2D eigenvalue weighted by Gasteiger charge is 2.23. The second kappa shape index (κ2) is 6.33. The molecule has 0 saturated heterocycles. The molecule has 26 heavy (non-hydrogen) atoms. The number of carbonyl (C=O) groups excluding carboxylic acids is 2. The highest BCUT2D eigenvalue weighted by molar-refractivity contribution is 6.07. The molecule has 1 aliphatic rings. The molecule has 2 amide bonds. The van der Waals surface area contributed by atoms with Crippen LogP contribution in [0, 0.1) is 0 Å². The third kappa shape index (κ3) is 2.75. The minimum absolute atomic E-state index is 0.0488. The van der Waals surface area contributed by atoms with Crippen LogP contribution in [0.2, 0.25) is 0 Å². The summed E-state index contributed by atoms with van der Waals surface area (Å²) in [4.78, 5) is 31.6. The number of carbonyl (C=O) groups is 2. The van der Waals surface area contributed by atoms with Gasteiger partial charge in [-0.15, -0.1) is 0 Å². The summed E-state index contributed by atoms with van der Waals surface area (Å²) in [5, 5.41) is 1.03. The van der Waals surface area contributed by atoms with Crippen LogP contribution in [0.25, 0.3) is 10.9 Å². The molecule has 2 heterocycles. The Morgan fingerprint density at radius 1 is 1.12 bits per heavy atom. The van der Waals surface area contributed by atoms with Crippen LogP contribution in [0.15, 0.2) is 48.5 Å². The van der Waals surface area contributed by atoms with Crippen LogP contribution < -0.4 is 4.90 Å². The largest absolute Gasteiger partial charge is 0.358 e. The number of aromatic amines is 1. The van der Waals surface area contributed by atoms with Crippen molar-refractivity contribution in [1.29, 1.82) is 0 Å². The molecule has 0 spiro atoms. The molecule has 132 valence electrons. The van der Waals surface area contributed by atoms with Crippen molar-refractivity contribution in [2.24, 2.45) is 0 Å². The molecule has 1 N–H and O–H groups in total. The summed E-state index contributed by atoms with van der Waals surface area (Å²) in [5.74, 6) is 0.0355. The Labute approximate surface area is 152 Å². The normalized spacial score (nSPS) is 13.5. The number of anilines is 1. The number of H-pyrrole nitrogens is 1. The van der Waals surface area contributed by atoms with E-state index in [9.17, 15) is 9.59 Å². The quantitative estimate of drug-likeness (QED) is 0.773. The maximum atomic E-state index is 12.9. The van der Waals surface area contributed by atoms with Gasteiger partial charge in [0, 0.05) is 66.9 Å². The third-order valence-electron chi connectivity index (χ3n) is 5.12. The Morgan fingerprint density at radius 3 is 2.62 bits per heavy atom. The molecule has 0 bridgehead atoms. The number of hydrogen-bond donors (Lipinski definition) is 1. The van der Waals surface area contributed by atoms with E-state index in [1.54, 1.807) is 18.9 Å². The number of amides is 2. The van der Waals surface area contributed by atoms with Crippen molar-refractivity contribution >= 4 is 28.4 Å². The van der Waals surface area contributed by atoms with E-state index in [1.807, 2.05) is 53.4 Å². The van der Waals surface area contributed by atoms with Crippen LogP contribution in [0.1, 0.15) is 28.5 Å². The van der Waals surface area contributed by atoms with E-state index in [1.165, 1.54) is 5.69 Å². The van der Waals surface area contributed by atoms with Gasteiger partial charge in [0.2, 0.25) is 5.91 Å². The number of fused-ring (bicyclic) bond motifs is 3. The van der Waals surface area contributed by atoms with Gasteiger partial charge in [0.1, 0.15) is 0 Å². The van der Waals surface area contributed by atoms with Gasteiger partial charge in [-0.05, 0) is 30.3 Å². The number of benzene rings is 2. The summed E-state index contributed by atoms with van der Waals surface area (Å²) in [6, 6.07) is 15.4. The number of rotatable bonds is 2. The fourth-order valence-corrected chi connectivity index (χ4v) is 3.58. The summed E-state index contributed by atoms with van der Waals surface area (Å²) < 4.78 is 0. The number of hydrogen-bond acceptors (Lipinski definition) is 2. The Balaban J connectivity index is 1.71. The van der Waals surface area contributed by atoms with Crippen molar-refractivity contribution in [3.8, 4) is 0 Å². The second-order valence-electron chi connectivity index (χ2n) is 6.73. The average molecular weight is 347 g/mol. The molecule has 3 aromatic rings. The fraction of sp³-hybridized carbons (Fsp3) is 0.238. The SMILES string of the molecule is CC(=O)N1CCc2[nH]c3ccc(C(=O)N(C)c4ccccc4)cc3c2C1. The molecule has 0 saturated carbocycles. The molecule has 0 unspecified atom stereocenters. The zero-order chi connectivity index (χ0) is 18.3. The van der Waals surface area contributed by atoms with Gasteiger partial charge < -0.3 is 14.8 Å². The van der Waals surface area contributed by atoms with Gasteiger partial charge in [-0.25, -0.2) is 0 Å². The molecular weight excluding hydrogens is 326 g/mol. The molecule has 5 nitrogen and oxygen atoms in total. The van der Waals surface area contributed by atoms with Gasteiger partial charge in [0.25, 0.3) is 5.91 Å². The van der Waals surface area contributed by atoms with Gasteiger partial charge in [-0.3, -0.25) is 9.59 Å². The van der Waals surface area contributed by atoms with Crippen LogP contribution in [0.3, 0.4) is 0 Å². The molecule has 0 radical (unpaired) electrons. The van der Waals surface area contributed by atoms with Crippen molar-refractivity contribution in [3.05, 3.63) is 65.4 Å². The molecule has 0 fully saturated rings. The summed E-state index contributed by atoms with van der Waals surface area (Å²) in [7, 11) is 1.78. The molecular formula is C21H21N3O2. The van der Waals surface area contributed by atoms with E-state index >= 15 is 0 Å². The fourth-order valence-electron chi connectivity index (χ4n) is 3.58. The van der Waals surface area contributed by atoms with Crippen LogP contribution >= 0.6 is 0 Å². The van der Waals surface area contributed by atoms with E-state index in [-0.39, 0.29) is 11.8 Å². The minimum atomic E-state index is -0.0488. The topological polar surface area (TPSA) is 56.4 Å². The lowest BCUT2D eigenvalue weighted by Gasteiger charge is -2.26. The van der Waals surface area contributed by atoms with E-state index < -0.39 is 0 Å². The lowest BCUT2D eigenvalue weighted by Crippen LogP contribution is -2.33. The zero-order valence-corrected chi connectivity index (χ0v) is 15.0. The van der Waals surface area contributed by atoms with Crippen LogP contribution in [0.5, 0.6) is 0 Å². The number of aromatic nitrogens is 1. The van der Waals surface area contributed by atoms with Crippen molar-refractivity contribution in [2.45, 2.75) is 19.9 Å². The number of nitrogens with zero attached hydrogens (tertiary/aromatic N) is 2. The van der Waals surface area contributed by atoms with Gasteiger partial charge in [0.05, 0.1) is 0 Å². The van der Waals surface area contributed by atoms with E-state index in [0.717, 1.165) is 35.1 Å². The number of nitrogens with one attached hydrogen (secondary N) is 1. The first kappa shape index (κ1) is 16.4. The monoisotopic (exact) mass is 347 g/mol. The smallest absolute Gasteiger partial charge is 0.258 e. The van der Waals surface area contributed by atoms with Gasteiger partial charge >= 0.3 is 0 Å². The molecule has 2 aromatic carbocycles. The first-order valence-corrected chi connectivity index (χ1v) is 8.76. The van der Waals surface area contributed by atoms with Crippen molar-refractivity contribution in [1.82, 2.24) is 9.88 Å². The molecule has 1 aromatic heterocycles. The van der Waals surface area contributed by atoms with Crippen molar-refractivity contribution < 1.29 is 9.59 Å². The van der Waals surface area contributed by atoms with Gasteiger partial charge in [-0.2, -0.15) is 0 Å². The highest BCUT2D eigenvalue weighted by atomic mass is 16.2. The van der Waals surface area contributed by atoms with E-state index in [0.29, 0.717) is 12.1 Å². The van der Waals surface area contributed by atoms with E-state index in [4.69, 9.17) is 0 Å². The summed E-state index contributed by atoms with van der Waals surface area (Å²) in [5.41, 5.74) is 4.80. The lowest BCUT2D eigenvalue weighted by atomic mass is 10.0. The Morgan fingerprint density at radius 2 is 1.88 bits per heavy atom. The Bertz CT molecular complexity index is 991. The predicted molar refractivity (Wildman–Crippen MR) is 102 cm³/mol. The molecule has 5 heteroatoms. The van der Waals surface area contributed by atoms with Crippen LogP contribution in [0.4, 0.5) is 5.69 Å². The molecule has 0 atom stereocenters. The van der Waals surface area contributed by atoms with Crippen molar-refractivity contribution in [3.63, 3.8) is 0 Å². The summed E-state index contributed by atoms with van der Waals surface area (Å²) >= 11 is 0. The molecule has 1 aliphatic heterocycles. The van der Waals surface area contributed by atoms with E-state index in [2.05, 4.69) is 4.98 Å². The standard InChI is InChI=1S/C21H21N3O2/c1-14(25)24-11-10-20-18(13-24)17-12-15(8-9-19(17)22-20)21(26)23(2)16-6-4-3-5-7-16/h3-9,12,22H,10-11,13H2,1-2H3. The van der Waals surface area contributed by atoms with Crippen molar-refractivity contribution in [2.75, 3.05) is 18.5 Å². The molecule has 0 aliphatic carbocycles. The Hall–Kier alpha value is -3.08.